The zero-order chi connectivity index (χ0) is 15.0. The molecule has 3 heterocycles. The molecule has 112 valence electrons. The zero-order valence-corrected chi connectivity index (χ0v) is 13.3. The van der Waals surface area contributed by atoms with Crippen molar-refractivity contribution >= 4 is 22.4 Å². The first-order chi connectivity index (χ1) is 10.0. The molecule has 1 aliphatic heterocycles. The number of carbonyl (C=O) groups excluding carboxylic acids is 1. The first-order valence-corrected chi connectivity index (χ1v) is 7.83. The Morgan fingerprint density at radius 3 is 2.90 bits per heavy atom. The van der Waals surface area contributed by atoms with Gasteiger partial charge in [-0.15, -0.1) is 11.3 Å². The van der Waals surface area contributed by atoms with Crippen molar-refractivity contribution in [2.45, 2.75) is 26.2 Å². The summed E-state index contributed by atoms with van der Waals surface area (Å²) in [5.41, 5.74) is 0.880. The van der Waals surface area contributed by atoms with Crippen molar-refractivity contribution in [1.82, 2.24) is 19.4 Å². The van der Waals surface area contributed by atoms with Crippen molar-refractivity contribution in [3.05, 3.63) is 28.9 Å². The van der Waals surface area contributed by atoms with Gasteiger partial charge in [0.15, 0.2) is 0 Å². The van der Waals surface area contributed by atoms with Crippen molar-refractivity contribution in [1.29, 1.82) is 0 Å². The Hall–Kier alpha value is -1.89. The van der Waals surface area contributed by atoms with Gasteiger partial charge in [0.1, 0.15) is 10.8 Å². The molecule has 0 radical (unpaired) electrons. The molecule has 1 fully saturated rings. The van der Waals surface area contributed by atoms with Crippen LogP contribution in [-0.4, -0.2) is 38.6 Å². The normalized spacial score (nSPS) is 18.2. The Morgan fingerprint density at radius 1 is 1.48 bits per heavy atom. The predicted octanol–water partition coefficient (Wildman–Crippen LogP) is 2.51. The second-order valence-corrected chi connectivity index (χ2v) is 6.61. The smallest absolute Gasteiger partial charge is 0.322 e. The van der Waals surface area contributed by atoms with E-state index in [-0.39, 0.29) is 6.03 Å². The minimum absolute atomic E-state index is 0.0431. The van der Waals surface area contributed by atoms with E-state index in [1.165, 1.54) is 11.3 Å². The fourth-order valence-corrected chi connectivity index (χ4v) is 3.56. The molecule has 1 N–H and O–H groups in total. The quantitative estimate of drug-likeness (QED) is 0.927. The summed E-state index contributed by atoms with van der Waals surface area (Å²) in [7, 11) is 1.99. The number of nitrogens with zero attached hydrogens (tertiary/aromatic N) is 4. The van der Waals surface area contributed by atoms with Gasteiger partial charge in [0.2, 0.25) is 0 Å². The number of hydrogen-bond acceptors (Lipinski definition) is 4. The van der Waals surface area contributed by atoms with Gasteiger partial charge < -0.3 is 9.47 Å². The van der Waals surface area contributed by atoms with Crippen molar-refractivity contribution in [2.24, 2.45) is 7.05 Å². The summed E-state index contributed by atoms with van der Waals surface area (Å²) < 4.78 is 2.03. The fourth-order valence-electron chi connectivity index (χ4n) is 2.75. The van der Waals surface area contributed by atoms with Crippen LogP contribution in [0.2, 0.25) is 0 Å². The average molecular weight is 305 g/mol. The van der Waals surface area contributed by atoms with Gasteiger partial charge in [-0.25, -0.2) is 14.8 Å². The van der Waals surface area contributed by atoms with Crippen molar-refractivity contribution in [2.75, 3.05) is 18.4 Å². The Kier molecular flexibility index (Phi) is 3.67. The van der Waals surface area contributed by atoms with E-state index < -0.39 is 0 Å². The standard InChI is InChI=1S/C14H19N5OS/c1-9-13(21-10(2)16-9)17-14(20)19-6-4-11(8-19)12-15-5-7-18(12)3/h5,7,11H,4,6,8H2,1-3H3,(H,17,20). The van der Waals surface area contributed by atoms with Gasteiger partial charge in [-0.1, -0.05) is 0 Å². The number of thiazole rings is 1. The number of likely N-dealkylation sites (tertiary alicyclic amines) is 1. The molecule has 2 amide bonds. The maximum atomic E-state index is 12.3. The molecular weight excluding hydrogens is 286 g/mol. The minimum atomic E-state index is -0.0431. The van der Waals surface area contributed by atoms with E-state index in [4.69, 9.17) is 0 Å². The third kappa shape index (κ3) is 2.78. The first kappa shape index (κ1) is 14.1. The highest BCUT2D eigenvalue weighted by Crippen LogP contribution is 2.28. The number of nitrogens with one attached hydrogen (secondary N) is 1. The van der Waals surface area contributed by atoms with E-state index >= 15 is 0 Å². The van der Waals surface area contributed by atoms with Gasteiger partial charge in [0.25, 0.3) is 0 Å². The number of amides is 2. The lowest BCUT2D eigenvalue weighted by molar-refractivity contribution is 0.222. The molecule has 2 aromatic rings. The van der Waals surface area contributed by atoms with Crippen molar-refractivity contribution in [3.63, 3.8) is 0 Å². The summed E-state index contributed by atoms with van der Waals surface area (Å²) in [5, 5.41) is 4.78. The Balaban J connectivity index is 1.65. The molecule has 6 nitrogen and oxygen atoms in total. The van der Waals surface area contributed by atoms with E-state index in [2.05, 4.69) is 15.3 Å². The summed E-state index contributed by atoms with van der Waals surface area (Å²) in [6, 6.07) is -0.0431. The summed E-state index contributed by atoms with van der Waals surface area (Å²) in [6.07, 6.45) is 4.71. The monoisotopic (exact) mass is 305 g/mol. The largest absolute Gasteiger partial charge is 0.338 e. The van der Waals surface area contributed by atoms with Gasteiger partial charge in [-0.3, -0.25) is 5.32 Å². The van der Waals surface area contributed by atoms with E-state index in [1.807, 2.05) is 42.8 Å². The van der Waals surface area contributed by atoms with Gasteiger partial charge >= 0.3 is 6.03 Å². The number of aromatic nitrogens is 3. The summed E-state index contributed by atoms with van der Waals surface area (Å²) in [6.45, 7) is 5.34. The lowest BCUT2D eigenvalue weighted by atomic mass is 10.1. The van der Waals surface area contributed by atoms with Crippen LogP contribution in [0.4, 0.5) is 9.80 Å². The third-order valence-electron chi connectivity index (χ3n) is 3.82. The number of hydrogen-bond donors (Lipinski definition) is 1. The molecule has 0 aliphatic carbocycles. The summed E-state index contributed by atoms with van der Waals surface area (Å²) >= 11 is 1.52. The second kappa shape index (κ2) is 5.48. The van der Waals surface area contributed by atoms with E-state index in [1.54, 1.807) is 0 Å². The highest BCUT2D eigenvalue weighted by Gasteiger charge is 2.29. The van der Waals surface area contributed by atoms with Gasteiger partial charge in [-0.2, -0.15) is 0 Å². The number of urea groups is 1. The first-order valence-electron chi connectivity index (χ1n) is 7.01. The lowest BCUT2D eigenvalue weighted by Crippen LogP contribution is -2.32. The number of rotatable bonds is 2. The lowest BCUT2D eigenvalue weighted by Gasteiger charge is -2.17. The van der Waals surface area contributed by atoms with Crippen LogP contribution < -0.4 is 5.32 Å². The third-order valence-corrected chi connectivity index (χ3v) is 4.81. The van der Waals surface area contributed by atoms with Gasteiger partial charge in [0, 0.05) is 38.4 Å². The van der Waals surface area contributed by atoms with Crippen LogP contribution in [0.15, 0.2) is 12.4 Å². The molecule has 7 heteroatoms. The fraction of sp³-hybridized carbons (Fsp3) is 0.500. The number of anilines is 1. The van der Waals surface area contributed by atoms with Crippen LogP contribution >= 0.6 is 11.3 Å². The molecule has 1 saturated heterocycles. The van der Waals surface area contributed by atoms with Crippen molar-refractivity contribution < 1.29 is 4.79 Å². The summed E-state index contributed by atoms with van der Waals surface area (Å²) in [4.78, 5) is 22.9. The molecule has 0 bridgehead atoms. The Labute approximate surface area is 127 Å². The SMILES string of the molecule is Cc1nc(C)c(NC(=O)N2CCC(c3nccn3C)C2)s1. The molecule has 0 saturated carbocycles. The topological polar surface area (TPSA) is 63.1 Å². The second-order valence-electron chi connectivity index (χ2n) is 5.41. The molecule has 21 heavy (non-hydrogen) atoms. The van der Waals surface area contributed by atoms with E-state index in [9.17, 15) is 4.79 Å². The molecule has 0 aromatic carbocycles. The van der Waals surface area contributed by atoms with Crippen LogP contribution in [0.5, 0.6) is 0 Å². The minimum Gasteiger partial charge on any atom is -0.338 e. The summed E-state index contributed by atoms with van der Waals surface area (Å²) in [5.74, 6) is 1.37. The van der Waals surface area contributed by atoms with Gasteiger partial charge in [-0.05, 0) is 20.3 Å². The highest BCUT2D eigenvalue weighted by atomic mass is 32.1. The number of imidazole rings is 1. The number of aryl methyl sites for hydroxylation is 3. The van der Waals surface area contributed by atoms with Gasteiger partial charge in [0.05, 0.1) is 10.7 Å². The predicted molar refractivity (Wildman–Crippen MR) is 82.7 cm³/mol. The van der Waals surface area contributed by atoms with Crippen molar-refractivity contribution in [3.8, 4) is 0 Å². The van der Waals surface area contributed by atoms with Crippen LogP contribution in [0.3, 0.4) is 0 Å². The molecule has 2 aromatic heterocycles. The molecule has 3 rings (SSSR count). The Bertz CT molecular complexity index is 662. The van der Waals surface area contributed by atoms with E-state index in [0.717, 1.165) is 34.5 Å². The molecular formula is C14H19N5OS. The van der Waals surface area contributed by atoms with Crippen LogP contribution in [0.1, 0.15) is 28.9 Å². The number of carbonyl (C=O) groups is 1. The molecule has 0 spiro atoms. The maximum absolute atomic E-state index is 12.3. The zero-order valence-electron chi connectivity index (χ0n) is 12.5. The van der Waals surface area contributed by atoms with Crippen LogP contribution in [-0.2, 0) is 7.05 Å². The van der Waals surface area contributed by atoms with Crippen LogP contribution in [0.25, 0.3) is 0 Å². The van der Waals surface area contributed by atoms with Crippen LogP contribution in [0, 0.1) is 13.8 Å². The average Bonchev–Trinajstić information content (AvgIpc) is 3.11. The van der Waals surface area contributed by atoms with E-state index in [0.29, 0.717) is 12.5 Å². The highest BCUT2D eigenvalue weighted by molar-refractivity contribution is 7.16. The molecule has 1 unspecified atom stereocenters. The molecule has 1 aliphatic rings. The maximum Gasteiger partial charge on any atom is 0.322 e. The Morgan fingerprint density at radius 2 is 2.29 bits per heavy atom. The molecule has 1 atom stereocenters.